The van der Waals surface area contributed by atoms with Crippen molar-refractivity contribution in [3.05, 3.63) is 71.8 Å². The number of amides is 1. The number of carbonyl (C=O) groups excluding carboxylic acids is 1. The molecule has 2 aromatic rings. The van der Waals surface area contributed by atoms with Crippen LogP contribution in [-0.2, 0) is 20.2 Å². The van der Waals surface area contributed by atoms with Gasteiger partial charge in [0.05, 0.1) is 6.26 Å². The molecule has 0 radical (unpaired) electrons. The molecule has 152 valence electrons. The molecule has 0 saturated carbocycles. The molecule has 0 saturated heterocycles. The van der Waals surface area contributed by atoms with E-state index in [4.69, 9.17) is 0 Å². The van der Waals surface area contributed by atoms with Crippen molar-refractivity contribution >= 4 is 15.9 Å². The second-order valence-electron chi connectivity index (χ2n) is 7.96. The van der Waals surface area contributed by atoms with E-state index in [-0.39, 0.29) is 17.4 Å². The maximum Gasteiger partial charge on any atom is 0.243 e. The van der Waals surface area contributed by atoms with Crippen LogP contribution in [0.1, 0.15) is 44.4 Å². The van der Waals surface area contributed by atoms with Gasteiger partial charge in [-0.15, -0.1) is 0 Å². The van der Waals surface area contributed by atoms with Gasteiger partial charge in [-0.3, -0.25) is 4.79 Å². The molecule has 0 unspecified atom stereocenters. The van der Waals surface area contributed by atoms with Crippen molar-refractivity contribution in [1.82, 2.24) is 9.62 Å². The van der Waals surface area contributed by atoms with Crippen molar-refractivity contribution in [3.63, 3.8) is 0 Å². The molecule has 28 heavy (non-hydrogen) atoms. The van der Waals surface area contributed by atoms with Gasteiger partial charge in [0.15, 0.2) is 0 Å². The monoisotopic (exact) mass is 402 g/mol. The molecule has 1 N–H and O–H groups in total. The number of sulfonamides is 1. The van der Waals surface area contributed by atoms with Crippen LogP contribution in [-0.4, -0.2) is 38.0 Å². The minimum absolute atomic E-state index is 0.123. The summed E-state index contributed by atoms with van der Waals surface area (Å²) in [6.07, 6.45) is 1.84. The third kappa shape index (κ3) is 5.66. The maximum atomic E-state index is 13.0. The van der Waals surface area contributed by atoms with Crippen LogP contribution in [0.15, 0.2) is 60.7 Å². The Morgan fingerprint density at radius 2 is 1.54 bits per heavy atom. The minimum atomic E-state index is -3.54. The summed E-state index contributed by atoms with van der Waals surface area (Å²) in [4.78, 5) is 13.0. The fraction of sp³-hybridized carbons (Fsp3) is 0.409. The molecule has 0 fully saturated rings. The lowest BCUT2D eigenvalue weighted by molar-refractivity contribution is -0.125. The largest absolute Gasteiger partial charge is 0.352 e. The summed E-state index contributed by atoms with van der Waals surface area (Å²) in [6.45, 7) is 6.23. The molecule has 0 bridgehead atoms. The molecule has 2 rings (SSSR count). The van der Waals surface area contributed by atoms with Crippen molar-refractivity contribution in [2.45, 2.75) is 44.7 Å². The molecule has 5 nitrogen and oxygen atoms in total. The Morgan fingerprint density at radius 3 is 2.04 bits per heavy atom. The van der Waals surface area contributed by atoms with Gasteiger partial charge in [0, 0.05) is 13.1 Å². The Morgan fingerprint density at radius 1 is 1.04 bits per heavy atom. The Balaban J connectivity index is 2.19. The van der Waals surface area contributed by atoms with Gasteiger partial charge in [-0.1, -0.05) is 74.5 Å². The highest BCUT2D eigenvalue weighted by Gasteiger charge is 2.32. The molecule has 0 aliphatic rings. The van der Waals surface area contributed by atoms with E-state index in [1.54, 1.807) is 24.3 Å². The summed E-state index contributed by atoms with van der Waals surface area (Å²) >= 11 is 0. The number of nitrogens with one attached hydrogen (secondary N) is 1. The van der Waals surface area contributed by atoms with Crippen LogP contribution < -0.4 is 5.32 Å². The molecular weight excluding hydrogens is 372 g/mol. The quantitative estimate of drug-likeness (QED) is 0.735. The van der Waals surface area contributed by atoms with Crippen molar-refractivity contribution < 1.29 is 13.2 Å². The third-order valence-electron chi connectivity index (χ3n) is 5.01. The van der Waals surface area contributed by atoms with Crippen LogP contribution in [0.25, 0.3) is 0 Å². The Labute approximate surface area is 168 Å². The first-order valence-corrected chi connectivity index (χ1v) is 11.2. The molecule has 0 aliphatic heterocycles. The van der Waals surface area contributed by atoms with Gasteiger partial charge in [0.1, 0.15) is 6.04 Å². The molecule has 0 aliphatic carbocycles. The summed E-state index contributed by atoms with van der Waals surface area (Å²) in [5.74, 6) is -0.324. The SMILES string of the molecule is C[C@H](CC(C)(C)c1ccccc1)NC(=O)[C@@H](c1ccccc1)N(C)S(C)(=O)=O. The molecule has 2 atom stereocenters. The van der Waals surface area contributed by atoms with E-state index in [0.717, 1.165) is 17.0 Å². The minimum Gasteiger partial charge on any atom is -0.352 e. The zero-order valence-corrected chi connectivity index (χ0v) is 18.0. The third-order valence-corrected chi connectivity index (χ3v) is 6.27. The fourth-order valence-electron chi connectivity index (χ4n) is 3.50. The van der Waals surface area contributed by atoms with Crippen molar-refractivity contribution in [1.29, 1.82) is 0 Å². The van der Waals surface area contributed by atoms with Crippen molar-refractivity contribution in [2.75, 3.05) is 13.3 Å². The zero-order chi connectivity index (χ0) is 20.9. The van der Waals surface area contributed by atoms with E-state index < -0.39 is 16.1 Å². The first-order valence-electron chi connectivity index (χ1n) is 9.36. The van der Waals surface area contributed by atoms with E-state index in [9.17, 15) is 13.2 Å². The second kappa shape index (κ2) is 8.88. The predicted octanol–water partition coefficient (Wildman–Crippen LogP) is 3.49. The Hall–Kier alpha value is -2.18. The highest BCUT2D eigenvalue weighted by atomic mass is 32.2. The number of benzene rings is 2. The van der Waals surface area contributed by atoms with Crippen LogP contribution in [0, 0.1) is 0 Å². The topological polar surface area (TPSA) is 66.5 Å². The highest BCUT2D eigenvalue weighted by Crippen LogP contribution is 2.29. The summed E-state index contributed by atoms with van der Waals surface area (Å²) < 4.78 is 25.3. The predicted molar refractivity (Wildman–Crippen MR) is 113 cm³/mol. The summed E-state index contributed by atoms with van der Waals surface area (Å²) in [6, 6.07) is 18.1. The Bertz CT molecular complexity index is 881. The number of rotatable bonds is 8. The standard InChI is InChI=1S/C22H30N2O3S/c1-17(16-22(2,3)19-14-10-7-11-15-19)23-21(25)20(24(4)28(5,26)27)18-12-8-6-9-13-18/h6-15,17,20H,16H2,1-5H3,(H,23,25)/t17-,20-/m1/s1. The van der Waals surface area contributed by atoms with E-state index in [1.807, 2.05) is 31.2 Å². The average molecular weight is 403 g/mol. The number of carbonyl (C=O) groups is 1. The van der Waals surface area contributed by atoms with Crippen molar-refractivity contribution in [2.24, 2.45) is 0 Å². The van der Waals surface area contributed by atoms with Gasteiger partial charge in [-0.05, 0) is 29.9 Å². The van der Waals surface area contributed by atoms with E-state index in [1.165, 1.54) is 12.6 Å². The first kappa shape index (κ1) is 22.1. The molecular formula is C22H30N2O3S. The molecule has 1 amide bonds. The van der Waals surface area contributed by atoms with Gasteiger partial charge in [-0.2, -0.15) is 4.31 Å². The first-order chi connectivity index (χ1) is 13.0. The molecule has 0 heterocycles. The van der Waals surface area contributed by atoms with Gasteiger partial charge < -0.3 is 5.32 Å². The number of nitrogens with zero attached hydrogens (tertiary/aromatic N) is 1. The number of likely N-dealkylation sites (N-methyl/N-ethyl adjacent to an activating group) is 1. The molecule has 0 spiro atoms. The highest BCUT2D eigenvalue weighted by molar-refractivity contribution is 7.88. The molecule has 6 heteroatoms. The summed E-state index contributed by atoms with van der Waals surface area (Å²) in [7, 11) is -2.10. The summed E-state index contributed by atoms with van der Waals surface area (Å²) in [5, 5.41) is 3.01. The lowest BCUT2D eigenvalue weighted by atomic mass is 9.79. The fourth-order valence-corrected chi connectivity index (χ4v) is 4.10. The van der Waals surface area contributed by atoms with Crippen molar-refractivity contribution in [3.8, 4) is 0 Å². The molecule has 0 aromatic heterocycles. The average Bonchev–Trinajstić information content (AvgIpc) is 2.62. The smallest absolute Gasteiger partial charge is 0.243 e. The normalized spacial score (nSPS) is 14.5. The Kier molecular flexibility index (Phi) is 7.01. The van der Waals surface area contributed by atoms with Gasteiger partial charge in [-0.25, -0.2) is 8.42 Å². The number of hydrogen-bond acceptors (Lipinski definition) is 3. The van der Waals surface area contributed by atoms with Crippen LogP contribution in [0.3, 0.4) is 0 Å². The second-order valence-corrected chi connectivity index (χ2v) is 10.00. The van der Waals surface area contributed by atoms with Gasteiger partial charge in [0.2, 0.25) is 15.9 Å². The summed E-state index contributed by atoms with van der Waals surface area (Å²) in [5.41, 5.74) is 1.71. The van der Waals surface area contributed by atoms with Gasteiger partial charge >= 0.3 is 0 Å². The van der Waals surface area contributed by atoms with E-state index >= 15 is 0 Å². The lowest BCUT2D eigenvalue weighted by Crippen LogP contribution is -2.45. The maximum absolute atomic E-state index is 13.0. The van der Waals surface area contributed by atoms with Crippen LogP contribution in [0.5, 0.6) is 0 Å². The van der Waals surface area contributed by atoms with Crippen LogP contribution in [0.4, 0.5) is 0 Å². The zero-order valence-electron chi connectivity index (χ0n) is 17.2. The van der Waals surface area contributed by atoms with E-state index in [0.29, 0.717) is 5.56 Å². The van der Waals surface area contributed by atoms with Gasteiger partial charge in [0.25, 0.3) is 0 Å². The lowest BCUT2D eigenvalue weighted by Gasteiger charge is -2.31. The van der Waals surface area contributed by atoms with Crippen LogP contribution >= 0.6 is 0 Å². The number of hydrogen-bond donors (Lipinski definition) is 1. The van der Waals surface area contributed by atoms with Crippen LogP contribution in [0.2, 0.25) is 0 Å². The molecule has 2 aromatic carbocycles. The van der Waals surface area contributed by atoms with E-state index in [2.05, 4.69) is 31.3 Å².